The van der Waals surface area contributed by atoms with E-state index in [2.05, 4.69) is 5.32 Å². The summed E-state index contributed by atoms with van der Waals surface area (Å²) in [5.41, 5.74) is -1.97. The van der Waals surface area contributed by atoms with Crippen molar-refractivity contribution in [1.82, 2.24) is 5.32 Å². The zero-order valence-corrected chi connectivity index (χ0v) is 10.6. The Hall–Kier alpha value is -0.450. The van der Waals surface area contributed by atoms with Gasteiger partial charge >= 0.3 is 0 Å². The maximum absolute atomic E-state index is 12.2. The first kappa shape index (κ1) is 13.6. The molecule has 1 rings (SSSR count). The van der Waals surface area contributed by atoms with E-state index < -0.39 is 11.5 Å². The fourth-order valence-electron chi connectivity index (χ4n) is 0.951. The van der Waals surface area contributed by atoms with Crippen LogP contribution < -0.4 is 5.32 Å². The molecule has 0 spiro atoms. The molecule has 1 atom stereocenters. The van der Waals surface area contributed by atoms with Gasteiger partial charge in [-0.2, -0.15) is 0 Å². The average Bonchev–Trinajstić information content (AvgIpc) is 2.26. The van der Waals surface area contributed by atoms with Crippen molar-refractivity contribution in [2.75, 3.05) is 12.3 Å². The molecule has 0 aliphatic heterocycles. The number of thioether (sulfide) groups is 1. The topological polar surface area (TPSA) is 29.1 Å². The Morgan fingerprint density at radius 1 is 1.44 bits per heavy atom. The average molecular weight is 282 g/mol. The van der Waals surface area contributed by atoms with Crippen LogP contribution in [-0.2, 0) is 4.79 Å². The largest absolute Gasteiger partial charge is 0.352 e. The van der Waals surface area contributed by atoms with Crippen molar-refractivity contribution in [1.29, 1.82) is 0 Å². The number of benzene rings is 1. The second-order valence-electron chi connectivity index (χ2n) is 2.89. The molecular weight excluding hydrogens is 272 g/mol. The smallest absolute Gasteiger partial charge is 0.270 e. The molecule has 0 saturated carbocycles. The van der Waals surface area contributed by atoms with Crippen LogP contribution in [0, 0.1) is 0 Å². The van der Waals surface area contributed by atoms with Crippen LogP contribution in [0.1, 0.15) is 0 Å². The van der Waals surface area contributed by atoms with Crippen LogP contribution in [0.3, 0.4) is 0 Å². The highest BCUT2D eigenvalue weighted by molar-refractivity contribution is 7.99. The van der Waals surface area contributed by atoms with Crippen molar-refractivity contribution >= 4 is 40.9 Å². The molecule has 1 N–H and O–H groups in total. The molecule has 0 aromatic heterocycles. The fourth-order valence-corrected chi connectivity index (χ4v) is 1.92. The highest BCUT2D eigenvalue weighted by Gasteiger charge is 2.11. The standard InChI is InChI=1S/C10H10Cl2FNOS/c11-7-1-3-8(4-2-7)16-6-5-14-10(15)9(12)13/h1-4,9H,5-6H2,(H,14,15). The number of hydrogen-bond acceptors (Lipinski definition) is 2. The van der Waals surface area contributed by atoms with Gasteiger partial charge in [0.15, 0.2) is 0 Å². The summed E-state index contributed by atoms with van der Waals surface area (Å²) in [6, 6.07) is 7.35. The zero-order chi connectivity index (χ0) is 12.0. The number of nitrogens with one attached hydrogen (secondary N) is 1. The van der Waals surface area contributed by atoms with E-state index in [0.717, 1.165) is 4.90 Å². The lowest BCUT2D eigenvalue weighted by Gasteiger charge is -2.04. The molecule has 6 heteroatoms. The van der Waals surface area contributed by atoms with Gasteiger partial charge in [-0.15, -0.1) is 11.8 Å². The van der Waals surface area contributed by atoms with Gasteiger partial charge in [-0.05, 0) is 24.3 Å². The van der Waals surface area contributed by atoms with E-state index >= 15 is 0 Å². The molecule has 1 aromatic rings. The minimum Gasteiger partial charge on any atom is -0.352 e. The molecule has 2 nitrogen and oxygen atoms in total. The first-order valence-corrected chi connectivity index (χ1v) is 6.34. The summed E-state index contributed by atoms with van der Waals surface area (Å²) < 4.78 is 12.2. The second-order valence-corrected chi connectivity index (χ2v) is 4.88. The molecule has 0 saturated heterocycles. The molecule has 1 unspecified atom stereocenters. The number of hydrogen-bond donors (Lipinski definition) is 1. The van der Waals surface area contributed by atoms with E-state index in [4.69, 9.17) is 23.2 Å². The predicted octanol–water partition coefficient (Wildman–Crippen LogP) is 3.08. The summed E-state index contributed by atoms with van der Waals surface area (Å²) in [7, 11) is 0. The van der Waals surface area contributed by atoms with E-state index in [1.165, 1.54) is 0 Å². The lowest BCUT2D eigenvalue weighted by molar-refractivity contribution is -0.123. The Balaban J connectivity index is 2.21. The first-order valence-electron chi connectivity index (χ1n) is 4.54. The summed E-state index contributed by atoms with van der Waals surface area (Å²) in [6.07, 6.45) is 0. The monoisotopic (exact) mass is 281 g/mol. The van der Waals surface area contributed by atoms with E-state index in [9.17, 15) is 9.18 Å². The van der Waals surface area contributed by atoms with Crippen LogP contribution in [0.4, 0.5) is 4.39 Å². The van der Waals surface area contributed by atoms with Crippen molar-refractivity contribution in [3.05, 3.63) is 29.3 Å². The third kappa shape index (κ3) is 5.05. The normalized spacial score (nSPS) is 12.2. The number of rotatable bonds is 5. The molecule has 0 aliphatic carbocycles. The van der Waals surface area contributed by atoms with Gasteiger partial charge in [0.1, 0.15) is 0 Å². The number of carbonyl (C=O) groups is 1. The van der Waals surface area contributed by atoms with Crippen molar-refractivity contribution < 1.29 is 9.18 Å². The minimum absolute atomic E-state index is 0.374. The van der Waals surface area contributed by atoms with Crippen LogP contribution in [-0.4, -0.2) is 23.8 Å². The Kier molecular flexibility index (Phi) is 5.95. The molecule has 88 valence electrons. The molecule has 0 heterocycles. The molecule has 0 aliphatic rings. The molecule has 0 fully saturated rings. The van der Waals surface area contributed by atoms with E-state index in [-0.39, 0.29) is 0 Å². The van der Waals surface area contributed by atoms with Gasteiger partial charge in [-0.3, -0.25) is 4.79 Å². The van der Waals surface area contributed by atoms with E-state index in [0.29, 0.717) is 17.3 Å². The van der Waals surface area contributed by atoms with Crippen LogP contribution in [0.25, 0.3) is 0 Å². The third-order valence-electron chi connectivity index (χ3n) is 1.68. The van der Waals surface area contributed by atoms with Crippen molar-refractivity contribution in [2.24, 2.45) is 0 Å². The van der Waals surface area contributed by atoms with Crippen molar-refractivity contribution in [3.63, 3.8) is 0 Å². The molecule has 1 amide bonds. The Labute approximate surface area is 107 Å². The van der Waals surface area contributed by atoms with Gasteiger partial charge < -0.3 is 5.32 Å². The maximum atomic E-state index is 12.2. The molecule has 0 radical (unpaired) electrons. The van der Waals surface area contributed by atoms with Gasteiger partial charge in [-0.25, -0.2) is 4.39 Å². The number of carbonyl (C=O) groups excluding carboxylic acids is 1. The third-order valence-corrected chi connectivity index (χ3v) is 3.15. The van der Waals surface area contributed by atoms with Gasteiger partial charge in [0.25, 0.3) is 11.5 Å². The van der Waals surface area contributed by atoms with Crippen LogP contribution in [0.15, 0.2) is 29.2 Å². The molecular formula is C10H10Cl2FNOS. The fraction of sp³-hybridized carbons (Fsp3) is 0.300. The minimum atomic E-state index is -1.97. The van der Waals surface area contributed by atoms with Crippen LogP contribution in [0.2, 0.25) is 5.02 Å². The van der Waals surface area contributed by atoms with Crippen LogP contribution >= 0.6 is 35.0 Å². The second kappa shape index (κ2) is 6.99. The first-order chi connectivity index (χ1) is 7.59. The van der Waals surface area contributed by atoms with Gasteiger partial charge in [0.05, 0.1) is 0 Å². The SMILES string of the molecule is O=C(NCCSc1ccc(Cl)cc1)C(F)Cl. The highest BCUT2D eigenvalue weighted by Crippen LogP contribution is 2.19. The van der Waals surface area contributed by atoms with Gasteiger partial charge in [-0.1, -0.05) is 23.2 Å². The Morgan fingerprint density at radius 2 is 2.06 bits per heavy atom. The number of amides is 1. The lowest BCUT2D eigenvalue weighted by atomic mass is 10.4. The lowest BCUT2D eigenvalue weighted by Crippen LogP contribution is -2.30. The van der Waals surface area contributed by atoms with Gasteiger partial charge in [0, 0.05) is 22.2 Å². The van der Waals surface area contributed by atoms with Crippen LogP contribution in [0.5, 0.6) is 0 Å². The Bertz CT molecular complexity index is 345. The summed E-state index contributed by atoms with van der Waals surface area (Å²) in [6.45, 7) is 0.374. The van der Waals surface area contributed by atoms with E-state index in [1.54, 1.807) is 23.9 Å². The highest BCUT2D eigenvalue weighted by atomic mass is 35.5. The maximum Gasteiger partial charge on any atom is 0.270 e. The predicted molar refractivity (Wildman–Crippen MR) is 65.9 cm³/mol. The van der Waals surface area contributed by atoms with Gasteiger partial charge in [0.2, 0.25) is 0 Å². The summed E-state index contributed by atoms with van der Waals surface area (Å²) >= 11 is 12.2. The van der Waals surface area contributed by atoms with Crippen molar-refractivity contribution in [2.45, 2.75) is 10.5 Å². The quantitative estimate of drug-likeness (QED) is 0.511. The molecule has 0 bridgehead atoms. The summed E-state index contributed by atoms with van der Waals surface area (Å²) in [5.74, 6) is -0.143. The summed E-state index contributed by atoms with van der Waals surface area (Å²) in [4.78, 5) is 11.8. The van der Waals surface area contributed by atoms with E-state index in [1.807, 2.05) is 12.1 Å². The Morgan fingerprint density at radius 3 is 2.62 bits per heavy atom. The zero-order valence-electron chi connectivity index (χ0n) is 8.25. The number of halogens is 3. The number of alkyl halides is 2. The molecule has 16 heavy (non-hydrogen) atoms. The molecule has 1 aromatic carbocycles. The summed E-state index contributed by atoms with van der Waals surface area (Å²) in [5, 5.41) is 3.05. The van der Waals surface area contributed by atoms with Crippen molar-refractivity contribution in [3.8, 4) is 0 Å².